The lowest BCUT2D eigenvalue weighted by Crippen LogP contribution is -2.38. The van der Waals surface area contributed by atoms with Crippen LogP contribution in [0.1, 0.15) is 37.9 Å². The average molecular weight is 222 g/mol. The molecule has 0 saturated carbocycles. The van der Waals surface area contributed by atoms with Crippen molar-refractivity contribution in [3.63, 3.8) is 0 Å². The summed E-state index contributed by atoms with van der Waals surface area (Å²) in [7, 11) is 1.74. The fourth-order valence-corrected chi connectivity index (χ4v) is 1.51. The lowest BCUT2D eigenvalue weighted by atomic mass is 10.0. The van der Waals surface area contributed by atoms with Gasteiger partial charge in [0.1, 0.15) is 0 Å². The normalized spacial score (nSPS) is 13.8. The summed E-state index contributed by atoms with van der Waals surface area (Å²) in [5, 5.41) is 3.47. The Kier molecular flexibility index (Phi) is 4.44. The average Bonchev–Trinajstić information content (AvgIpc) is 2.27. The minimum absolute atomic E-state index is 0.135. The number of nitrogens with one attached hydrogen (secondary N) is 1. The molecule has 90 valence electrons. The predicted molar refractivity (Wildman–Crippen MR) is 66.5 cm³/mol. The molecule has 1 heterocycles. The van der Waals surface area contributed by atoms with E-state index in [1.54, 1.807) is 7.11 Å². The largest absolute Gasteiger partial charge is 0.377 e. The van der Waals surface area contributed by atoms with E-state index in [1.165, 1.54) is 11.1 Å². The highest BCUT2D eigenvalue weighted by Crippen LogP contribution is 2.16. The van der Waals surface area contributed by atoms with Gasteiger partial charge in [0.2, 0.25) is 0 Å². The van der Waals surface area contributed by atoms with Crippen molar-refractivity contribution in [1.29, 1.82) is 0 Å². The molecule has 0 aliphatic rings. The third-order valence-corrected chi connectivity index (χ3v) is 2.93. The summed E-state index contributed by atoms with van der Waals surface area (Å²) in [5.74, 6) is 0. The van der Waals surface area contributed by atoms with Crippen molar-refractivity contribution in [3.8, 4) is 0 Å². The van der Waals surface area contributed by atoms with Gasteiger partial charge in [0, 0.05) is 32.1 Å². The van der Waals surface area contributed by atoms with E-state index in [-0.39, 0.29) is 5.60 Å². The molecular formula is C13H22N2O. The van der Waals surface area contributed by atoms with Crippen LogP contribution in [0.4, 0.5) is 0 Å². The maximum atomic E-state index is 5.38. The molecule has 0 radical (unpaired) electrons. The van der Waals surface area contributed by atoms with Crippen molar-refractivity contribution in [2.45, 2.75) is 39.3 Å². The van der Waals surface area contributed by atoms with Crippen LogP contribution in [0.25, 0.3) is 0 Å². The fraction of sp³-hybridized carbons (Fsp3) is 0.615. The number of pyridine rings is 1. The Morgan fingerprint density at radius 2 is 2.19 bits per heavy atom. The second kappa shape index (κ2) is 5.41. The maximum Gasteiger partial charge on any atom is 0.0746 e. The Morgan fingerprint density at radius 1 is 1.50 bits per heavy atom. The molecule has 0 aliphatic heterocycles. The van der Waals surface area contributed by atoms with E-state index in [4.69, 9.17) is 4.74 Å². The molecule has 1 aromatic heterocycles. The molecule has 1 aromatic rings. The standard InChI is InChI=1S/C13H22N2O/c1-10-6-7-14-8-12(10)11(2)15-9-13(3,4)16-5/h6-8,11,15H,9H2,1-5H3. The van der Waals surface area contributed by atoms with Gasteiger partial charge >= 0.3 is 0 Å². The highest BCUT2D eigenvalue weighted by Gasteiger charge is 2.18. The second-order valence-electron chi connectivity index (χ2n) is 4.80. The van der Waals surface area contributed by atoms with Crippen LogP contribution in [0.5, 0.6) is 0 Å². The van der Waals surface area contributed by atoms with Gasteiger partial charge in [-0.1, -0.05) is 0 Å². The van der Waals surface area contributed by atoms with E-state index in [1.807, 2.05) is 18.5 Å². The van der Waals surface area contributed by atoms with E-state index in [0.717, 1.165) is 6.54 Å². The first-order valence-corrected chi connectivity index (χ1v) is 5.65. The number of rotatable bonds is 5. The summed E-state index contributed by atoms with van der Waals surface area (Å²) in [4.78, 5) is 4.16. The van der Waals surface area contributed by atoms with Gasteiger partial charge < -0.3 is 10.1 Å². The van der Waals surface area contributed by atoms with Crippen LogP contribution in [-0.2, 0) is 4.74 Å². The number of nitrogens with zero attached hydrogens (tertiary/aromatic N) is 1. The second-order valence-corrected chi connectivity index (χ2v) is 4.80. The molecular weight excluding hydrogens is 200 g/mol. The smallest absolute Gasteiger partial charge is 0.0746 e. The van der Waals surface area contributed by atoms with Crippen LogP contribution in [-0.4, -0.2) is 24.2 Å². The molecule has 3 heteroatoms. The summed E-state index contributed by atoms with van der Waals surface area (Å²) >= 11 is 0. The molecule has 0 fully saturated rings. The lowest BCUT2D eigenvalue weighted by molar-refractivity contribution is 0.0214. The Labute approximate surface area is 98.2 Å². The maximum absolute atomic E-state index is 5.38. The molecule has 1 rings (SSSR count). The first kappa shape index (κ1) is 13.1. The Bertz CT molecular complexity index is 336. The summed E-state index contributed by atoms with van der Waals surface area (Å²) in [6, 6.07) is 2.33. The van der Waals surface area contributed by atoms with Gasteiger partial charge in [0.25, 0.3) is 0 Å². The molecule has 1 atom stereocenters. The highest BCUT2D eigenvalue weighted by atomic mass is 16.5. The molecule has 0 amide bonds. The number of aryl methyl sites for hydroxylation is 1. The van der Waals surface area contributed by atoms with Crippen LogP contribution >= 0.6 is 0 Å². The van der Waals surface area contributed by atoms with Crippen LogP contribution in [0.3, 0.4) is 0 Å². The number of methoxy groups -OCH3 is 1. The van der Waals surface area contributed by atoms with Crippen molar-refractivity contribution in [3.05, 3.63) is 29.6 Å². The molecule has 3 nitrogen and oxygen atoms in total. The molecule has 0 saturated heterocycles. The summed E-state index contributed by atoms with van der Waals surface area (Å²) in [5.41, 5.74) is 2.38. The van der Waals surface area contributed by atoms with Gasteiger partial charge in [-0.2, -0.15) is 0 Å². The number of hydrogen-bond donors (Lipinski definition) is 1. The van der Waals surface area contributed by atoms with E-state index >= 15 is 0 Å². The molecule has 1 unspecified atom stereocenters. The Balaban J connectivity index is 2.60. The first-order chi connectivity index (χ1) is 7.46. The SMILES string of the molecule is COC(C)(C)CNC(C)c1cnccc1C. The van der Waals surface area contributed by atoms with E-state index in [0.29, 0.717) is 6.04 Å². The minimum atomic E-state index is -0.135. The first-order valence-electron chi connectivity index (χ1n) is 5.65. The topological polar surface area (TPSA) is 34.1 Å². The Hall–Kier alpha value is -0.930. The zero-order valence-corrected chi connectivity index (χ0v) is 10.9. The zero-order valence-electron chi connectivity index (χ0n) is 10.9. The van der Waals surface area contributed by atoms with Crippen molar-refractivity contribution in [2.75, 3.05) is 13.7 Å². The zero-order chi connectivity index (χ0) is 12.2. The highest BCUT2D eigenvalue weighted by molar-refractivity contribution is 5.24. The summed E-state index contributed by atoms with van der Waals surface area (Å²) in [6.45, 7) is 9.22. The molecule has 0 bridgehead atoms. The van der Waals surface area contributed by atoms with Gasteiger partial charge in [0.05, 0.1) is 5.60 Å². The van der Waals surface area contributed by atoms with E-state index in [2.05, 4.69) is 38.0 Å². The van der Waals surface area contributed by atoms with Gasteiger partial charge in [0.15, 0.2) is 0 Å². The van der Waals surface area contributed by atoms with Crippen LogP contribution in [0, 0.1) is 6.92 Å². The third-order valence-electron chi connectivity index (χ3n) is 2.93. The minimum Gasteiger partial charge on any atom is -0.377 e. The van der Waals surface area contributed by atoms with Gasteiger partial charge in [-0.25, -0.2) is 0 Å². The van der Waals surface area contributed by atoms with Gasteiger partial charge in [-0.05, 0) is 44.9 Å². The molecule has 16 heavy (non-hydrogen) atoms. The van der Waals surface area contributed by atoms with Gasteiger partial charge in [-0.3, -0.25) is 4.98 Å². The molecule has 0 aromatic carbocycles. The predicted octanol–water partition coefficient (Wildman–Crippen LogP) is 2.47. The number of aromatic nitrogens is 1. The quantitative estimate of drug-likeness (QED) is 0.831. The number of ether oxygens (including phenoxy) is 1. The third kappa shape index (κ3) is 3.58. The molecule has 1 N–H and O–H groups in total. The van der Waals surface area contributed by atoms with E-state index < -0.39 is 0 Å². The van der Waals surface area contributed by atoms with Crippen molar-refractivity contribution in [1.82, 2.24) is 10.3 Å². The van der Waals surface area contributed by atoms with Crippen molar-refractivity contribution < 1.29 is 4.74 Å². The fourth-order valence-electron chi connectivity index (χ4n) is 1.51. The lowest BCUT2D eigenvalue weighted by Gasteiger charge is -2.26. The van der Waals surface area contributed by atoms with Crippen LogP contribution in [0.2, 0.25) is 0 Å². The summed E-state index contributed by atoms with van der Waals surface area (Å²) < 4.78 is 5.38. The van der Waals surface area contributed by atoms with Crippen LogP contribution in [0.15, 0.2) is 18.5 Å². The van der Waals surface area contributed by atoms with E-state index in [9.17, 15) is 0 Å². The summed E-state index contributed by atoms with van der Waals surface area (Å²) in [6.07, 6.45) is 3.75. The number of hydrogen-bond acceptors (Lipinski definition) is 3. The monoisotopic (exact) mass is 222 g/mol. The molecule has 0 spiro atoms. The Morgan fingerprint density at radius 3 is 2.75 bits per heavy atom. The van der Waals surface area contributed by atoms with Crippen molar-refractivity contribution >= 4 is 0 Å². The van der Waals surface area contributed by atoms with Gasteiger partial charge in [-0.15, -0.1) is 0 Å². The van der Waals surface area contributed by atoms with Crippen LogP contribution < -0.4 is 5.32 Å². The van der Waals surface area contributed by atoms with Crippen molar-refractivity contribution in [2.24, 2.45) is 0 Å². The molecule has 0 aliphatic carbocycles.